The van der Waals surface area contributed by atoms with E-state index in [2.05, 4.69) is 0 Å². The summed E-state index contributed by atoms with van der Waals surface area (Å²) >= 11 is 0. The van der Waals surface area contributed by atoms with E-state index in [0.717, 1.165) is 22.8 Å². The summed E-state index contributed by atoms with van der Waals surface area (Å²) < 4.78 is 11.8. The second-order valence-corrected chi connectivity index (χ2v) is 5.76. The van der Waals surface area contributed by atoms with Crippen molar-refractivity contribution < 1.29 is 13.9 Å². The molecule has 3 heteroatoms. The second kappa shape index (κ2) is 6.65. The Labute approximate surface area is 145 Å². The number of benzene rings is 3. The van der Waals surface area contributed by atoms with Crippen LogP contribution in [-0.2, 0) is 6.61 Å². The van der Waals surface area contributed by atoms with Crippen LogP contribution in [0.2, 0.25) is 0 Å². The number of aldehydes is 1. The first-order chi connectivity index (χ1) is 12.3. The minimum absolute atomic E-state index is 0.485. The van der Waals surface area contributed by atoms with Crippen molar-refractivity contribution in [3.8, 4) is 17.1 Å². The van der Waals surface area contributed by atoms with E-state index in [1.165, 1.54) is 0 Å². The lowest BCUT2D eigenvalue weighted by Gasteiger charge is -2.05. The van der Waals surface area contributed by atoms with E-state index < -0.39 is 0 Å². The van der Waals surface area contributed by atoms with E-state index >= 15 is 0 Å². The molecule has 0 N–H and O–H groups in total. The van der Waals surface area contributed by atoms with E-state index in [9.17, 15) is 4.79 Å². The standard InChI is InChI=1S/C22H16O3/c23-14-20-19-12-11-18(24-15-16-7-3-1-4-8-16)13-21(19)25-22(20)17-9-5-2-6-10-17/h1-14H,15H2. The Morgan fingerprint density at radius 2 is 1.60 bits per heavy atom. The highest BCUT2D eigenvalue weighted by molar-refractivity contribution is 6.02. The van der Waals surface area contributed by atoms with Crippen LogP contribution >= 0.6 is 0 Å². The topological polar surface area (TPSA) is 39.4 Å². The number of hydrogen-bond donors (Lipinski definition) is 0. The molecule has 0 amide bonds. The van der Waals surface area contributed by atoms with Gasteiger partial charge in [0, 0.05) is 17.0 Å². The Hall–Kier alpha value is -3.33. The minimum Gasteiger partial charge on any atom is -0.489 e. The third kappa shape index (κ3) is 3.04. The SMILES string of the molecule is O=Cc1c(-c2ccccc2)oc2cc(OCc3ccccc3)ccc12. The fraction of sp³-hybridized carbons (Fsp3) is 0.0455. The zero-order valence-corrected chi connectivity index (χ0v) is 13.5. The number of ether oxygens (including phenoxy) is 1. The normalized spacial score (nSPS) is 10.7. The van der Waals surface area contributed by atoms with Gasteiger partial charge in [-0.3, -0.25) is 4.79 Å². The van der Waals surface area contributed by atoms with Gasteiger partial charge in [-0.05, 0) is 17.7 Å². The summed E-state index contributed by atoms with van der Waals surface area (Å²) in [5, 5.41) is 0.793. The molecule has 25 heavy (non-hydrogen) atoms. The van der Waals surface area contributed by atoms with Crippen molar-refractivity contribution in [3.63, 3.8) is 0 Å². The first-order valence-electron chi connectivity index (χ1n) is 8.09. The summed E-state index contributed by atoms with van der Waals surface area (Å²) in [4.78, 5) is 11.6. The third-order valence-electron chi connectivity index (χ3n) is 4.10. The molecular weight excluding hydrogens is 312 g/mol. The van der Waals surface area contributed by atoms with Crippen molar-refractivity contribution in [2.75, 3.05) is 0 Å². The Morgan fingerprint density at radius 3 is 2.32 bits per heavy atom. The maximum absolute atomic E-state index is 11.6. The highest BCUT2D eigenvalue weighted by Crippen LogP contribution is 2.34. The van der Waals surface area contributed by atoms with Crippen LogP contribution in [0.4, 0.5) is 0 Å². The molecule has 0 unspecified atom stereocenters. The predicted octanol–water partition coefficient (Wildman–Crippen LogP) is 5.49. The first-order valence-corrected chi connectivity index (χ1v) is 8.09. The molecule has 0 spiro atoms. The van der Waals surface area contributed by atoms with Gasteiger partial charge in [-0.1, -0.05) is 60.7 Å². The average Bonchev–Trinajstić information content (AvgIpc) is 3.05. The van der Waals surface area contributed by atoms with Crippen LogP contribution in [0.15, 0.2) is 83.3 Å². The fourth-order valence-corrected chi connectivity index (χ4v) is 2.85. The monoisotopic (exact) mass is 328 g/mol. The summed E-state index contributed by atoms with van der Waals surface area (Å²) in [5.41, 5.74) is 3.19. The maximum Gasteiger partial charge on any atom is 0.154 e. The molecule has 0 aliphatic rings. The number of carbonyl (C=O) groups is 1. The molecule has 0 radical (unpaired) electrons. The molecule has 0 bridgehead atoms. The highest BCUT2D eigenvalue weighted by atomic mass is 16.5. The zero-order chi connectivity index (χ0) is 17.1. The van der Waals surface area contributed by atoms with Gasteiger partial charge in [0.05, 0.1) is 5.56 Å². The van der Waals surface area contributed by atoms with Crippen molar-refractivity contribution in [2.24, 2.45) is 0 Å². The van der Waals surface area contributed by atoms with Crippen LogP contribution in [0.5, 0.6) is 5.75 Å². The van der Waals surface area contributed by atoms with Gasteiger partial charge in [0.15, 0.2) is 6.29 Å². The van der Waals surface area contributed by atoms with E-state index in [4.69, 9.17) is 9.15 Å². The molecular formula is C22H16O3. The molecule has 0 saturated heterocycles. The summed E-state index contributed by atoms with van der Waals surface area (Å²) in [6.45, 7) is 0.485. The smallest absolute Gasteiger partial charge is 0.154 e. The van der Waals surface area contributed by atoms with Gasteiger partial charge in [-0.25, -0.2) is 0 Å². The lowest BCUT2D eigenvalue weighted by Crippen LogP contribution is -1.94. The molecule has 0 saturated carbocycles. The highest BCUT2D eigenvalue weighted by Gasteiger charge is 2.15. The molecule has 3 aromatic carbocycles. The van der Waals surface area contributed by atoms with Gasteiger partial charge in [0.25, 0.3) is 0 Å². The fourth-order valence-electron chi connectivity index (χ4n) is 2.85. The Kier molecular flexibility index (Phi) is 4.05. The molecule has 4 aromatic rings. The van der Waals surface area contributed by atoms with Crippen molar-refractivity contribution >= 4 is 17.3 Å². The van der Waals surface area contributed by atoms with Crippen molar-refractivity contribution in [2.45, 2.75) is 6.61 Å². The summed E-state index contributed by atoms with van der Waals surface area (Å²) in [7, 11) is 0. The Morgan fingerprint density at radius 1 is 0.880 bits per heavy atom. The quantitative estimate of drug-likeness (QED) is 0.455. The number of hydrogen-bond acceptors (Lipinski definition) is 3. The van der Waals surface area contributed by atoms with Gasteiger partial charge in [-0.2, -0.15) is 0 Å². The lowest BCUT2D eigenvalue weighted by molar-refractivity contribution is 0.112. The predicted molar refractivity (Wildman–Crippen MR) is 97.8 cm³/mol. The van der Waals surface area contributed by atoms with Gasteiger partial charge < -0.3 is 9.15 Å². The molecule has 1 aromatic heterocycles. The van der Waals surface area contributed by atoms with E-state index in [0.29, 0.717) is 29.3 Å². The van der Waals surface area contributed by atoms with E-state index in [1.807, 2.05) is 78.9 Å². The average molecular weight is 328 g/mol. The van der Waals surface area contributed by atoms with Gasteiger partial charge in [0.2, 0.25) is 0 Å². The molecule has 122 valence electrons. The van der Waals surface area contributed by atoms with Crippen molar-refractivity contribution in [1.82, 2.24) is 0 Å². The molecule has 3 nitrogen and oxygen atoms in total. The first kappa shape index (κ1) is 15.2. The van der Waals surface area contributed by atoms with Crippen molar-refractivity contribution in [1.29, 1.82) is 0 Å². The molecule has 0 aliphatic carbocycles. The van der Waals surface area contributed by atoms with Crippen LogP contribution < -0.4 is 4.74 Å². The van der Waals surface area contributed by atoms with Crippen LogP contribution in [0, 0.1) is 0 Å². The number of carbonyl (C=O) groups excluding carboxylic acids is 1. The van der Waals surface area contributed by atoms with Crippen LogP contribution in [0.1, 0.15) is 15.9 Å². The summed E-state index contributed by atoms with van der Waals surface area (Å²) in [6, 6.07) is 25.2. The van der Waals surface area contributed by atoms with Gasteiger partial charge >= 0.3 is 0 Å². The van der Waals surface area contributed by atoms with Crippen molar-refractivity contribution in [3.05, 3.63) is 90.0 Å². The number of rotatable bonds is 5. The van der Waals surface area contributed by atoms with Gasteiger partial charge in [0.1, 0.15) is 23.7 Å². The molecule has 1 heterocycles. The Balaban J connectivity index is 1.68. The largest absolute Gasteiger partial charge is 0.489 e. The molecule has 0 fully saturated rings. The van der Waals surface area contributed by atoms with E-state index in [-0.39, 0.29) is 0 Å². The third-order valence-corrected chi connectivity index (χ3v) is 4.10. The van der Waals surface area contributed by atoms with Gasteiger partial charge in [-0.15, -0.1) is 0 Å². The minimum atomic E-state index is 0.485. The van der Waals surface area contributed by atoms with Crippen LogP contribution in [0.25, 0.3) is 22.3 Å². The zero-order valence-electron chi connectivity index (χ0n) is 13.5. The van der Waals surface area contributed by atoms with Crippen LogP contribution in [0.3, 0.4) is 0 Å². The number of fused-ring (bicyclic) bond motifs is 1. The Bertz CT molecular complexity index is 1000. The second-order valence-electron chi connectivity index (χ2n) is 5.76. The summed E-state index contributed by atoms with van der Waals surface area (Å²) in [5.74, 6) is 1.30. The van der Waals surface area contributed by atoms with E-state index in [1.54, 1.807) is 0 Å². The number of furan rings is 1. The van der Waals surface area contributed by atoms with Crippen LogP contribution in [-0.4, -0.2) is 6.29 Å². The molecule has 0 atom stereocenters. The summed E-state index contributed by atoms with van der Waals surface area (Å²) in [6.07, 6.45) is 0.846. The lowest BCUT2D eigenvalue weighted by atomic mass is 10.1. The maximum atomic E-state index is 11.6. The molecule has 0 aliphatic heterocycles. The molecule has 4 rings (SSSR count).